The zero-order valence-corrected chi connectivity index (χ0v) is 6.33. The molecule has 13 heavy (non-hydrogen) atoms. The van der Waals surface area contributed by atoms with Gasteiger partial charge in [0, 0.05) is 10.8 Å². The standard InChI is InChI=1S/C9H3FO3/c10-4-1-2-5-6(3-4)8(12)9(13)7(5)11/h1-3H. The van der Waals surface area contributed by atoms with E-state index in [9.17, 15) is 18.8 Å². The van der Waals surface area contributed by atoms with Gasteiger partial charge in [-0.25, -0.2) is 4.39 Å². The molecule has 0 aliphatic carbocycles. The summed E-state index contributed by atoms with van der Waals surface area (Å²) in [6, 6.07) is 3.10. The predicted molar refractivity (Wildman–Crippen MR) is 45.1 cm³/mol. The highest BCUT2D eigenvalue weighted by atomic mass is 19.1. The van der Waals surface area contributed by atoms with Crippen LogP contribution in [0.5, 0.6) is 0 Å². The summed E-state index contributed by atoms with van der Waals surface area (Å²) < 4.78 is 12.6. The van der Waals surface area contributed by atoms with E-state index in [-0.39, 0.29) is 10.8 Å². The Balaban J connectivity index is 3.23. The van der Waals surface area contributed by atoms with Gasteiger partial charge in [-0.1, -0.05) is 0 Å². The first-order chi connectivity index (χ1) is 6.11. The van der Waals surface area contributed by atoms with Gasteiger partial charge in [-0.2, -0.15) is 0 Å². The summed E-state index contributed by atoms with van der Waals surface area (Å²) in [5.74, 6) is -0.630. The van der Waals surface area contributed by atoms with Crippen LogP contribution in [0.3, 0.4) is 0 Å². The zero-order valence-electron chi connectivity index (χ0n) is 6.33. The monoisotopic (exact) mass is 178 g/mol. The fraction of sp³-hybridized carbons (Fsp3) is 0. The lowest BCUT2D eigenvalue weighted by Gasteiger charge is -1.85. The molecule has 0 aromatic heterocycles. The summed E-state index contributed by atoms with van der Waals surface area (Å²) in [7, 11) is 0. The fourth-order valence-electron chi connectivity index (χ4n) is 1.25. The molecule has 0 radical (unpaired) electrons. The Bertz CT molecular complexity index is 621. The maximum absolute atomic E-state index is 12.6. The van der Waals surface area contributed by atoms with Crippen molar-refractivity contribution >= 4 is 10.8 Å². The Hall–Kier alpha value is -1.84. The maximum atomic E-state index is 12.6. The molecule has 2 aromatic rings. The van der Waals surface area contributed by atoms with Crippen molar-refractivity contribution in [3.05, 3.63) is 54.7 Å². The lowest BCUT2D eigenvalue weighted by Crippen LogP contribution is -2.29. The minimum absolute atomic E-state index is 0.00333. The van der Waals surface area contributed by atoms with E-state index in [4.69, 9.17) is 0 Å². The van der Waals surface area contributed by atoms with Gasteiger partial charge in [0.05, 0.1) is 0 Å². The third kappa shape index (κ3) is 0.917. The molecule has 0 bridgehead atoms. The van der Waals surface area contributed by atoms with E-state index in [1.807, 2.05) is 0 Å². The van der Waals surface area contributed by atoms with Gasteiger partial charge in [0.1, 0.15) is 5.82 Å². The summed E-state index contributed by atoms with van der Waals surface area (Å²) in [6.45, 7) is 0. The van der Waals surface area contributed by atoms with E-state index < -0.39 is 22.1 Å². The van der Waals surface area contributed by atoms with Crippen LogP contribution >= 0.6 is 0 Å². The molecule has 0 fully saturated rings. The summed E-state index contributed by atoms with van der Waals surface area (Å²) in [6.07, 6.45) is 0. The summed E-state index contributed by atoms with van der Waals surface area (Å²) in [5.41, 5.74) is -2.85. The fourth-order valence-corrected chi connectivity index (χ4v) is 1.25. The van der Waals surface area contributed by atoms with Crippen LogP contribution in [0.1, 0.15) is 0 Å². The zero-order chi connectivity index (χ0) is 9.59. The van der Waals surface area contributed by atoms with Crippen molar-refractivity contribution in [3.63, 3.8) is 0 Å². The molecule has 0 atom stereocenters. The molecule has 0 N–H and O–H groups in total. The molecule has 4 heteroatoms. The van der Waals surface area contributed by atoms with Crippen molar-refractivity contribution in [2.45, 2.75) is 0 Å². The lowest BCUT2D eigenvalue weighted by molar-refractivity contribution is 0.629. The third-order valence-electron chi connectivity index (χ3n) is 1.88. The molecule has 0 aliphatic rings. The SMILES string of the molecule is O=c1c(=O)c2ccc(F)cc2c1=O. The number of hydrogen-bond acceptors (Lipinski definition) is 3. The quantitative estimate of drug-likeness (QED) is 0.531. The topological polar surface area (TPSA) is 51.2 Å². The third-order valence-corrected chi connectivity index (χ3v) is 1.88. The molecule has 0 spiro atoms. The van der Waals surface area contributed by atoms with Gasteiger partial charge in [-0.3, -0.25) is 14.4 Å². The number of hydrogen-bond donors (Lipinski definition) is 0. The van der Waals surface area contributed by atoms with Crippen LogP contribution in [0.2, 0.25) is 0 Å². The van der Waals surface area contributed by atoms with E-state index in [1.165, 1.54) is 0 Å². The van der Waals surface area contributed by atoms with E-state index in [0.29, 0.717) is 0 Å². The Morgan fingerprint density at radius 1 is 0.846 bits per heavy atom. The lowest BCUT2D eigenvalue weighted by atomic mass is 10.2. The summed E-state index contributed by atoms with van der Waals surface area (Å²) in [5, 5.41) is -0.133. The molecule has 0 unspecified atom stereocenters. The van der Waals surface area contributed by atoms with Crippen molar-refractivity contribution in [2.75, 3.05) is 0 Å². The minimum Gasteiger partial charge on any atom is -0.285 e. The minimum atomic E-state index is -1.08. The van der Waals surface area contributed by atoms with Crippen molar-refractivity contribution in [1.29, 1.82) is 0 Å². The van der Waals surface area contributed by atoms with E-state index >= 15 is 0 Å². The second-order valence-corrected chi connectivity index (χ2v) is 2.68. The van der Waals surface area contributed by atoms with Crippen LogP contribution < -0.4 is 16.3 Å². The second kappa shape index (κ2) is 2.32. The molecule has 2 rings (SSSR count). The molecular weight excluding hydrogens is 175 g/mol. The van der Waals surface area contributed by atoms with Crippen LogP contribution in [0.25, 0.3) is 10.8 Å². The van der Waals surface area contributed by atoms with Crippen molar-refractivity contribution in [3.8, 4) is 0 Å². The van der Waals surface area contributed by atoms with Crippen LogP contribution in [-0.4, -0.2) is 0 Å². The average Bonchev–Trinajstić information content (AvgIpc) is 2.32. The van der Waals surface area contributed by atoms with E-state index in [0.717, 1.165) is 18.2 Å². The first-order valence-corrected chi connectivity index (χ1v) is 3.54. The van der Waals surface area contributed by atoms with Crippen LogP contribution in [0.4, 0.5) is 4.39 Å². The Morgan fingerprint density at radius 2 is 1.46 bits per heavy atom. The first kappa shape index (κ1) is 7.79. The highest BCUT2D eigenvalue weighted by Gasteiger charge is 2.11. The van der Waals surface area contributed by atoms with E-state index in [2.05, 4.69) is 0 Å². The normalized spacial score (nSPS) is 10.8. The van der Waals surface area contributed by atoms with Crippen molar-refractivity contribution in [2.24, 2.45) is 0 Å². The average molecular weight is 178 g/mol. The second-order valence-electron chi connectivity index (χ2n) is 2.68. The van der Waals surface area contributed by atoms with Crippen LogP contribution in [0.15, 0.2) is 32.6 Å². The van der Waals surface area contributed by atoms with Gasteiger partial charge in [-0.15, -0.1) is 0 Å². The van der Waals surface area contributed by atoms with Gasteiger partial charge < -0.3 is 0 Å². The van der Waals surface area contributed by atoms with Gasteiger partial charge in [0.2, 0.25) is 10.9 Å². The highest BCUT2D eigenvalue weighted by molar-refractivity contribution is 5.83. The Kier molecular flexibility index (Phi) is 1.39. The molecule has 0 aliphatic heterocycles. The van der Waals surface area contributed by atoms with Gasteiger partial charge >= 0.3 is 0 Å². The van der Waals surface area contributed by atoms with E-state index in [1.54, 1.807) is 0 Å². The predicted octanol–water partition coefficient (Wildman–Crippen LogP) is -0.0649. The largest absolute Gasteiger partial charge is 0.285 e. The molecule has 0 heterocycles. The summed E-state index contributed by atoms with van der Waals surface area (Å²) >= 11 is 0. The number of fused-ring (bicyclic) bond motifs is 1. The van der Waals surface area contributed by atoms with Gasteiger partial charge in [-0.05, 0) is 18.2 Å². The first-order valence-electron chi connectivity index (χ1n) is 3.54. The highest BCUT2D eigenvalue weighted by Crippen LogP contribution is 2.06. The number of rotatable bonds is 0. The number of benzene rings is 1. The van der Waals surface area contributed by atoms with Crippen molar-refractivity contribution in [1.82, 2.24) is 0 Å². The van der Waals surface area contributed by atoms with Crippen LogP contribution in [-0.2, 0) is 0 Å². The van der Waals surface area contributed by atoms with Crippen molar-refractivity contribution < 1.29 is 4.39 Å². The molecule has 3 nitrogen and oxygen atoms in total. The maximum Gasteiger partial charge on any atom is 0.273 e. The molecule has 0 saturated heterocycles. The molecular formula is C9H3FO3. The summed E-state index contributed by atoms with van der Waals surface area (Å²) in [4.78, 5) is 32.9. The molecule has 2 aromatic carbocycles. The van der Waals surface area contributed by atoms with Crippen LogP contribution in [0, 0.1) is 5.82 Å². The van der Waals surface area contributed by atoms with Gasteiger partial charge in [0.15, 0.2) is 0 Å². The smallest absolute Gasteiger partial charge is 0.273 e. The van der Waals surface area contributed by atoms with Gasteiger partial charge in [0.25, 0.3) is 5.43 Å². The Morgan fingerprint density at radius 3 is 2.15 bits per heavy atom. The molecule has 64 valence electrons. The molecule has 0 amide bonds. The molecule has 0 saturated carbocycles. The number of halogens is 1. The Labute approximate surface area is 70.8 Å².